The van der Waals surface area contributed by atoms with E-state index in [-0.39, 0.29) is 5.91 Å². The summed E-state index contributed by atoms with van der Waals surface area (Å²) in [7, 11) is 0. The van der Waals surface area contributed by atoms with E-state index in [1.807, 2.05) is 48.2 Å². The molecule has 6 nitrogen and oxygen atoms in total. The molecule has 1 aliphatic heterocycles. The molecule has 1 saturated heterocycles. The van der Waals surface area contributed by atoms with E-state index >= 15 is 0 Å². The number of carbonyl (C=O) groups excluding carboxylic acids is 1. The number of carbonyl (C=O) groups is 1. The van der Waals surface area contributed by atoms with Crippen molar-refractivity contribution in [2.24, 2.45) is 0 Å². The summed E-state index contributed by atoms with van der Waals surface area (Å²) in [4.78, 5) is 26.1. The summed E-state index contributed by atoms with van der Waals surface area (Å²) >= 11 is 12.1. The third-order valence-corrected chi connectivity index (χ3v) is 5.89. The minimum absolute atomic E-state index is 0.0699. The molecule has 0 bridgehead atoms. The number of aromatic nitrogens is 2. The molecule has 166 valence electrons. The molecule has 4 rings (SSSR count). The van der Waals surface area contributed by atoms with Crippen molar-refractivity contribution in [3.63, 3.8) is 0 Å². The van der Waals surface area contributed by atoms with E-state index in [4.69, 9.17) is 27.9 Å². The summed E-state index contributed by atoms with van der Waals surface area (Å²) in [5.74, 6) is 1.97. The van der Waals surface area contributed by atoms with Gasteiger partial charge in [-0.3, -0.25) is 4.79 Å². The Kier molecular flexibility index (Phi) is 6.82. The van der Waals surface area contributed by atoms with Gasteiger partial charge in [-0.2, -0.15) is 0 Å². The largest absolute Gasteiger partial charge is 0.479 e. The Bertz CT molecular complexity index is 1100. The highest BCUT2D eigenvalue weighted by Crippen LogP contribution is 2.29. The molecule has 1 aromatic heterocycles. The van der Waals surface area contributed by atoms with Gasteiger partial charge < -0.3 is 14.5 Å². The number of ether oxygens (including phenoxy) is 1. The molecule has 1 amide bonds. The lowest BCUT2D eigenvalue weighted by molar-refractivity contribution is -0.138. The lowest BCUT2D eigenvalue weighted by atomic mass is 10.1. The first-order chi connectivity index (χ1) is 15.4. The molecule has 1 atom stereocenters. The van der Waals surface area contributed by atoms with Crippen molar-refractivity contribution < 1.29 is 9.53 Å². The minimum atomic E-state index is -0.647. The lowest BCUT2D eigenvalue weighted by Crippen LogP contribution is -2.52. The van der Waals surface area contributed by atoms with Crippen LogP contribution in [0.3, 0.4) is 0 Å². The Morgan fingerprint density at radius 2 is 1.72 bits per heavy atom. The van der Waals surface area contributed by atoms with Crippen LogP contribution in [0.1, 0.15) is 12.7 Å². The summed E-state index contributed by atoms with van der Waals surface area (Å²) in [5, 5.41) is 0.906. The Balaban J connectivity index is 1.39. The normalized spacial score (nSPS) is 14.9. The van der Waals surface area contributed by atoms with E-state index in [1.165, 1.54) is 0 Å². The number of hydrogen-bond donors (Lipinski definition) is 0. The van der Waals surface area contributed by atoms with Gasteiger partial charge in [-0.25, -0.2) is 9.97 Å². The summed E-state index contributed by atoms with van der Waals surface area (Å²) in [6.07, 6.45) is -0.647. The van der Waals surface area contributed by atoms with Crippen LogP contribution in [-0.2, 0) is 4.79 Å². The quantitative estimate of drug-likeness (QED) is 0.531. The molecule has 2 aromatic carbocycles. The van der Waals surface area contributed by atoms with Crippen LogP contribution in [0, 0.1) is 6.92 Å². The summed E-state index contributed by atoms with van der Waals surface area (Å²) < 4.78 is 5.79. The number of nitrogens with zero attached hydrogens (tertiary/aromatic N) is 4. The molecule has 0 spiro atoms. The third-order valence-electron chi connectivity index (χ3n) is 5.35. The van der Waals surface area contributed by atoms with E-state index in [9.17, 15) is 4.79 Å². The van der Waals surface area contributed by atoms with Crippen molar-refractivity contribution >= 4 is 34.9 Å². The standard InChI is InChI=1S/C24H24Cl2N4O2/c1-16(32-22-9-8-19(25)14-20(22)26)24(31)30-12-10-29(11-13-30)23-15-21(27-17(2)28-23)18-6-4-3-5-7-18/h3-9,14-16H,10-13H2,1-2H3. The predicted octanol–water partition coefficient (Wildman–Crippen LogP) is 4.87. The molecule has 3 aromatic rings. The second-order valence-corrected chi connectivity index (χ2v) is 8.52. The second kappa shape index (κ2) is 9.76. The van der Waals surface area contributed by atoms with Gasteiger partial charge in [-0.05, 0) is 32.0 Å². The van der Waals surface area contributed by atoms with Crippen molar-refractivity contribution in [3.8, 4) is 17.0 Å². The fraction of sp³-hybridized carbons (Fsp3) is 0.292. The van der Waals surface area contributed by atoms with Crippen LogP contribution in [0.2, 0.25) is 10.0 Å². The highest BCUT2D eigenvalue weighted by Gasteiger charge is 2.27. The molecule has 1 aliphatic rings. The van der Waals surface area contributed by atoms with Crippen LogP contribution < -0.4 is 9.64 Å². The number of rotatable bonds is 5. The van der Waals surface area contributed by atoms with Crippen LogP contribution >= 0.6 is 23.2 Å². The molecule has 2 heterocycles. The summed E-state index contributed by atoms with van der Waals surface area (Å²) in [6, 6.07) is 17.0. The van der Waals surface area contributed by atoms with Crippen molar-refractivity contribution in [1.82, 2.24) is 14.9 Å². The highest BCUT2D eigenvalue weighted by atomic mass is 35.5. The number of aryl methyl sites for hydroxylation is 1. The fourth-order valence-corrected chi connectivity index (χ4v) is 4.15. The number of piperazine rings is 1. The van der Waals surface area contributed by atoms with Crippen LogP contribution in [0.5, 0.6) is 5.75 Å². The van der Waals surface area contributed by atoms with Crippen LogP contribution in [0.4, 0.5) is 5.82 Å². The van der Waals surface area contributed by atoms with Crippen LogP contribution in [0.15, 0.2) is 54.6 Å². The van der Waals surface area contributed by atoms with E-state index < -0.39 is 6.10 Å². The third kappa shape index (κ3) is 5.14. The Labute approximate surface area is 197 Å². The molecule has 0 saturated carbocycles. The summed E-state index contributed by atoms with van der Waals surface area (Å²) in [5.41, 5.74) is 1.95. The first kappa shape index (κ1) is 22.4. The molecule has 32 heavy (non-hydrogen) atoms. The Morgan fingerprint density at radius 3 is 2.41 bits per heavy atom. The van der Waals surface area contributed by atoms with Crippen molar-refractivity contribution in [1.29, 1.82) is 0 Å². The van der Waals surface area contributed by atoms with E-state index in [2.05, 4.69) is 14.9 Å². The van der Waals surface area contributed by atoms with Gasteiger partial charge in [0.15, 0.2) is 6.10 Å². The molecule has 1 fully saturated rings. The highest BCUT2D eigenvalue weighted by molar-refractivity contribution is 6.35. The van der Waals surface area contributed by atoms with Gasteiger partial charge in [0.2, 0.25) is 0 Å². The first-order valence-electron chi connectivity index (χ1n) is 10.5. The topological polar surface area (TPSA) is 58.6 Å². The smallest absolute Gasteiger partial charge is 0.263 e. The van der Waals surface area contributed by atoms with Gasteiger partial charge in [-0.15, -0.1) is 0 Å². The van der Waals surface area contributed by atoms with Gasteiger partial charge in [-0.1, -0.05) is 53.5 Å². The maximum Gasteiger partial charge on any atom is 0.263 e. The zero-order chi connectivity index (χ0) is 22.7. The Morgan fingerprint density at radius 1 is 1.00 bits per heavy atom. The van der Waals surface area contributed by atoms with Gasteiger partial charge in [0, 0.05) is 42.8 Å². The molecule has 0 radical (unpaired) electrons. The van der Waals surface area contributed by atoms with Gasteiger partial charge in [0.05, 0.1) is 10.7 Å². The maximum atomic E-state index is 12.9. The lowest BCUT2D eigenvalue weighted by Gasteiger charge is -2.36. The predicted molar refractivity (Wildman–Crippen MR) is 128 cm³/mol. The Hall–Kier alpha value is -2.83. The molecule has 1 unspecified atom stereocenters. The average molecular weight is 471 g/mol. The molecule has 0 N–H and O–H groups in total. The molecular formula is C24H24Cl2N4O2. The van der Waals surface area contributed by atoms with E-state index in [1.54, 1.807) is 25.1 Å². The van der Waals surface area contributed by atoms with E-state index in [0.717, 1.165) is 22.9 Å². The average Bonchev–Trinajstić information content (AvgIpc) is 2.80. The zero-order valence-electron chi connectivity index (χ0n) is 18.0. The molecule has 0 aliphatic carbocycles. The number of anilines is 1. The fourth-order valence-electron chi connectivity index (χ4n) is 3.70. The maximum absolute atomic E-state index is 12.9. The molecular weight excluding hydrogens is 447 g/mol. The van der Waals surface area contributed by atoms with Gasteiger partial charge in [0.1, 0.15) is 17.4 Å². The van der Waals surface area contributed by atoms with Crippen molar-refractivity contribution in [3.05, 3.63) is 70.5 Å². The zero-order valence-corrected chi connectivity index (χ0v) is 19.5. The number of amides is 1. The van der Waals surface area contributed by atoms with Crippen molar-refractivity contribution in [2.75, 3.05) is 31.1 Å². The van der Waals surface area contributed by atoms with Crippen LogP contribution in [-0.4, -0.2) is 53.1 Å². The van der Waals surface area contributed by atoms with Gasteiger partial charge in [0.25, 0.3) is 5.91 Å². The van der Waals surface area contributed by atoms with Crippen molar-refractivity contribution in [2.45, 2.75) is 20.0 Å². The SMILES string of the molecule is Cc1nc(-c2ccccc2)cc(N2CCN(C(=O)C(C)Oc3ccc(Cl)cc3Cl)CC2)n1. The summed E-state index contributed by atoms with van der Waals surface area (Å²) in [6.45, 7) is 6.18. The number of halogens is 2. The first-order valence-corrected chi connectivity index (χ1v) is 11.2. The molecule has 8 heteroatoms. The van der Waals surface area contributed by atoms with E-state index in [0.29, 0.717) is 42.0 Å². The van der Waals surface area contributed by atoms with Gasteiger partial charge >= 0.3 is 0 Å². The second-order valence-electron chi connectivity index (χ2n) is 7.67. The monoisotopic (exact) mass is 470 g/mol. The minimum Gasteiger partial charge on any atom is -0.479 e. The number of benzene rings is 2. The van der Waals surface area contributed by atoms with Crippen LogP contribution in [0.25, 0.3) is 11.3 Å². The number of hydrogen-bond acceptors (Lipinski definition) is 5.